The largest absolute Gasteiger partial charge is 0.491 e. The van der Waals surface area contributed by atoms with Crippen molar-refractivity contribution in [1.29, 1.82) is 0 Å². The number of hydrogen-bond donors (Lipinski definition) is 0. The van der Waals surface area contributed by atoms with Gasteiger partial charge in [-0.15, -0.1) is 0 Å². The van der Waals surface area contributed by atoms with Gasteiger partial charge in [-0.2, -0.15) is 0 Å². The molecule has 2 atom stereocenters. The molecule has 0 aromatic heterocycles. The van der Waals surface area contributed by atoms with Gasteiger partial charge >= 0.3 is 0 Å². The molecule has 0 saturated heterocycles. The fourth-order valence-electron chi connectivity index (χ4n) is 1.43. The van der Waals surface area contributed by atoms with E-state index >= 15 is 0 Å². The SMILES string of the molecule is C=C(C)[C@H](C)[C@@H](COc1ccccc1)OC. The van der Waals surface area contributed by atoms with Crippen LogP contribution in [0.4, 0.5) is 0 Å². The smallest absolute Gasteiger partial charge is 0.119 e. The Kier molecular flexibility index (Phi) is 5.06. The predicted molar refractivity (Wildman–Crippen MR) is 66.7 cm³/mol. The highest BCUT2D eigenvalue weighted by atomic mass is 16.5. The van der Waals surface area contributed by atoms with E-state index in [1.807, 2.05) is 37.3 Å². The lowest BCUT2D eigenvalue weighted by Gasteiger charge is -2.23. The van der Waals surface area contributed by atoms with Crippen molar-refractivity contribution in [3.63, 3.8) is 0 Å². The third-order valence-electron chi connectivity index (χ3n) is 2.80. The Morgan fingerprint density at radius 3 is 2.44 bits per heavy atom. The van der Waals surface area contributed by atoms with Crippen LogP contribution in [0, 0.1) is 5.92 Å². The third kappa shape index (κ3) is 3.70. The molecule has 16 heavy (non-hydrogen) atoms. The summed E-state index contributed by atoms with van der Waals surface area (Å²) < 4.78 is 11.1. The Hall–Kier alpha value is -1.28. The molecule has 0 unspecified atom stereocenters. The van der Waals surface area contributed by atoms with Crippen LogP contribution in [-0.4, -0.2) is 19.8 Å². The summed E-state index contributed by atoms with van der Waals surface area (Å²) in [4.78, 5) is 0. The van der Waals surface area contributed by atoms with Gasteiger partial charge in [-0.05, 0) is 19.1 Å². The number of benzene rings is 1. The first kappa shape index (κ1) is 12.8. The summed E-state index contributed by atoms with van der Waals surface area (Å²) >= 11 is 0. The average Bonchev–Trinajstić information content (AvgIpc) is 2.30. The van der Waals surface area contributed by atoms with Gasteiger partial charge in [-0.3, -0.25) is 0 Å². The second kappa shape index (κ2) is 6.33. The Balaban J connectivity index is 2.49. The minimum Gasteiger partial charge on any atom is -0.491 e. The Morgan fingerprint density at radius 1 is 1.31 bits per heavy atom. The molecule has 0 aliphatic heterocycles. The second-order valence-electron chi connectivity index (χ2n) is 4.03. The summed E-state index contributed by atoms with van der Waals surface area (Å²) in [6, 6.07) is 9.77. The van der Waals surface area contributed by atoms with Gasteiger partial charge in [0, 0.05) is 13.0 Å². The number of hydrogen-bond acceptors (Lipinski definition) is 2. The van der Waals surface area contributed by atoms with Gasteiger partial charge < -0.3 is 9.47 Å². The van der Waals surface area contributed by atoms with Crippen LogP contribution in [0.25, 0.3) is 0 Å². The molecule has 2 nitrogen and oxygen atoms in total. The van der Waals surface area contributed by atoms with Gasteiger partial charge in [0.05, 0.1) is 6.10 Å². The molecule has 0 fully saturated rings. The molecule has 0 N–H and O–H groups in total. The van der Waals surface area contributed by atoms with E-state index < -0.39 is 0 Å². The van der Waals surface area contributed by atoms with Crippen LogP contribution < -0.4 is 4.74 Å². The topological polar surface area (TPSA) is 18.5 Å². The number of rotatable bonds is 6. The quantitative estimate of drug-likeness (QED) is 0.685. The van der Waals surface area contributed by atoms with Crippen molar-refractivity contribution < 1.29 is 9.47 Å². The van der Waals surface area contributed by atoms with E-state index in [1.54, 1.807) is 7.11 Å². The van der Waals surface area contributed by atoms with Gasteiger partial charge in [-0.25, -0.2) is 0 Å². The summed E-state index contributed by atoms with van der Waals surface area (Å²) in [6.45, 7) is 8.61. The molecule has 0 aliphatic carbocycles. The number of methoxy groups -OCH3 is 1. The molecule has 0 saturated carbocycles. The van der Waals surface area contributed by atoms with Crippen LogP contribution in [0.3, 0.4) is 0 Å². The zero-order chi connectivity index (χ0) is 12.0. The van der Waals surface area contributed by atoms with E-state index in [4.69, 9.17) is 9.47 Å². The zero-order valence-corrected chi connectivity index (χ0v) is 10.3. The monoisotopic (exact) mass is 220 g/mol. The predicted octanol–water partition coefficient (Wildman–Crippen LogP) is 3.29. The maximum atomic E-state index is 5.66. The van der Waals surface area contributed by atoms with Crippen molar-refractivity contribution in [3.05, 3.63) is 42.5 Å². The highest BCUT2D eigenvalue weighted by molar-refractivity contribution is 5.21. The maximum absolute atomic E-state index is 5.66. The molecule has 1 rings (SSSR count). The lowest BCUT2D eigenvalue weighted by molar-refractivity contribution is 0.0311. The van der Waals surface area contributed by atoms with Gasteiger partial charge in [0.15, 0.2) is 0 Å². The first-order chi connectivity index (χ1) is 7.65. The number of ether oxygens (including phenoxy) is 2. The molecule has 0 radical (unpaired) electrons. The first-order valence-corrected chi connectivity index (χ1v) is 5.51. The molecule has 0 bridgehead atoms. The lowest BCUT2D eigenvalue weighted by Crippen LogP contribution is -2.28. The average molecular weight is 220 g/mol. The van der Waals surface area contributed by atoms with Crippen LogP contribution >= 0.6 is 0 Å². The summed E-state index contributed by atoms with van der Waals surface area (Å²) in [6.07, 6.45) is 0.0534. The lowest BCUT2D eigenvalue weighted by atomic mass is 9.98. The standard InChI is InChI=1S/C14H20O2/c1-11(2)12(3)14(15-4)10-16-13-8-6-5-7-9-13/h5-9,12,14H,1,10H2,2-4H3/t12-,14+/m0/s1. The normalized spacial score (nSPS) is 14.2. The Bertz CT molecular complexity index is 319. The highest BCUT2D eigenvalue weighted by Gasteiger charge is 2.17. The maximum Gasteiger partial charge on any atom is 0.119 e. The van der Waals surface area contributed by atoms with Gasteiger partial charge in [-0.1, -0.05) is 37.3 Å². The van der Waals surface area contributed by atoms with Crippen molar-refractivity contribution in [2.45, 2.75) is 20.0 Å². The van der Waals surface area contributed by atoms with E-state index in [-0.39, 0.29) is 6.10 Å². The molecule has 2 heteroatoms. The summed E-state index contributed by atoms with van der Waals surface area (Å²) in [5, 5.41) is 0. The summed E-state index contributed by atoms with van der Waals surface area (Å²) in [5.41, 5.74) is 1.11. The van der Waals surface area contributed by atoms with Gasteiger partial charge in [0.2, 0.25) is 0 Å². The molecule has 0 heterocycles. The second-order valence-corrected chi connectivity index (χ2v) is 4.03. The van der Waals surface area contributed by atoms with Crippen molar-refractivity contribution >= 4 is 0 Å². The Labute approximate surface area is 97.9 Å². The molecule has 1 aromatic rings. The van der Waals surface area contributed by atoms with Gasteiger partial charge in [0.25, 0.3) is 0 Å². The molecule has 1 aromatic carbocycles. The minimum atomic E-state index is 0.0534. The molecule has 0 aliphatic rings. The molecule has 0 spiro atoms. The first-order valence-electron chi connectivity index (χ1n) is 5.51. The van der Waals surface area contributed by atoms with E-state index in [0.29, 0.717) is 12.5 Å². The zero-order valence-electron chi connectivity index (χ0n) is 10.3. The van der Waals surface area contributed by atoms with Crippen molar-refractivity contribution in [1.82, 2.24) is 0 Å². The Morgan fingerprint density at radius 2 is 1.94 bits per heavy atom. The minimum absolute atomic E-state index is 0.0534. The molecular formula is C14H20O2. The van der Waals surface area contributed by atoms with Crippen molar-refractivity contribution in [3.8, 4) is 5.75 Å². The van der Waals surface area contributed by atoms with Crippen molar-refractivity contribution in [2.24, 2.45) is 5.92 Å². The molecule has 88 valence electrons. The van der Waals surface area contributed by atoms with Crippen LogP contribution in [-0.2, 0) is 4.74 Å². The number of para-hydroxylation sites is 1. The summed E-state index contributed by atoms with van der Waals surface area (Å²) in [5.74, 6) is 1.17. The van der Waals surface area contributed by atoms with Crippen LogP contribution in [0.5, 0.6) is 5.75 Å². The van der Waals surface area contributed by atoms with E-state index in [2.05, 4.69) is 13.5 Å². The fraction of sp³-hybridized carbons (Fsp3) is 0.429. The van der Waals surface area contributed by atoms with E-state index in [0.717, 1.165) is 11.3 Å². The van der Waals surface area contributed by atoms with Crippen molar-refractivity contribution in [2.75, 3.05) is 13.7 Å². The van der Waals surface area contributed by atoms with E-state index in [9.17, 15) is 0 Å². The molecule has 0 amide bonds. The van der Waals surface area contributed by atoms with E-state index in [1.165, 1.54) is 0 Å². The molecular weight excluding hydrogens is 200 g/mol. The summed E-state index contributed by atoms with van der Waals surface area (Å²) in [7, 11) is 1.71. The highest BCUT2D eigenvalue weighted by Crippen LogP contribution is 2.17. The van der Waals surface area contributed by atoms with Crippen LogP contribution in [0.1, 0.15) is 13.8 Å². The fourth-order valence-corrected chi connectivity index (χ4v) is 1.43. The van der Waals surface area contributed by atoms with Crippen LogP contribution in [0.2, 0.25) is 0 Å². The van der Waals surface area contributed by atoms with Gasteiger partial charge in [0.1, 0.15) is 12.4 Å². The van der Waals surface area contributed by atoms with Crippen LogP contribution in [0.15, 0.2) is 42.5 Å². The third-order valence-corrected chi connectivity index (χ3v) is 2.80.